The smallest absolute Gasteiger partial charge is 0.248 e. The lowest BCUT2D eigenvalue weighted by Gasteiger charge is -2.14. The molecule has 2 amide bonds. The molecule has 2 aromatic rings. The van der Waals surface area contributed by atoms with Crippen molar-refractivity contribution in [3.8, 4) is 0 Å². The zero-order valence-electron chi connectivity index (χ0n) is 13.8. The van der Waals surface area contributed by atoms with Crippen LogP contribution < -0.4 is 10.6 Å². The van der Waals surface area contributed by atoms with E-state index in [0.29, 0.717) is 18.7 Å². The third-order valence-electron chi connectivity index (χ3n) is 4.06. The van der Waals surface area contributed by atoms with E-state index < -0.39 is 5.92 Å². The second-order valence-corrected chi connectivity index (χ2v) is 5.86. The molecule has 1 atom stereocenters. The van der Waals surface area contributed by atoms with Gasteiger partial charge in [0.2, 0.25) is 11.8 Å². The first-order valence-corrected chi connectivity index (χ1v) is 8.26. The highest BCUT2D eigenvalue weighted by atomic mass is 16.2. The predicted molar refractivity (Wildman–Crippen MR) is 97.3 cm³/mol. The summed E-state index contributed by atoms with van der Waals surface area (Å²) in [6.07, 6.45) is 5.20. The number of rotatable bonds is 6. The van der Waals surface area contributed by atoms with E-state index in [0.717, 1.165) is 11.1 Å². The van der Waals surface area contributed by atoms with E-state index in [1.165, 1.54) is 0 Å². The zero-order valence-corrected chi connectivity index (χ0v) is 13.8. The fourth-order valence-electron chi connectivity index (χ4n) is 2.70. The molecule has 2 N–H and O–H groups in total. The minimum absolute atomic E-state index is 0.168. The fourth-order valence-corrected chi connectivity index (χ4v) is 2.70. The number of carbonyl (C=O) groups is 2. The second kappa shape index (κ2) is 8.11. The molecule has 0 heterocycles. The quantitative estimate of drug-likeness (QED) is 0.854. The van der Waals surface area contributed by atoms with Gasteiger partial charge in [-0.3, -0.25) is 9.59 Å². The summed E-state index contributed by atoms with van der Waals surface area (Å²) >= 11 is 0. The Hall–Kier alpha value is -3.14. The van der Waals surface area contributed by atoms with Crippen LogP contribution in [0.4, 0.5) is 0 Å². The van der Waals surface area contributed by atoms with E-state index >= 15 is 0 Å². The molecular formula is C21H20N2O2. The Morgan fingerprint density at radius 1 is 0.800 bits per heavy atom. The molecule has 0 radical (unpaired) electrons. The predicted octanol–water partition coefficient (Wildman–Crippen LogP) is 2.73. The Bertz CT molecular complexity index is 795. The van der Waals surface area contributed by atoms with Gasteiger partial charge in [0.15, 0.2) is 0 Å². The SMILES string of the molecule is O=C(NCc1ccccc1)C1=CC=CC1C(=O)NCc1ccccc1. The van der Waals surface area contributed by atoms with Gasteiger partial charge in [0.05, 0.1) is 5.92 Å². The normalized spacial score (nSPS) is 15.5. The number of allylic oxidation sites excluding steroid dienone is 2. The molecule has 0 aromatic heterocycles. The van der Waals surface area contributed by atoms with Crippen LogP contribution in [0.1, 0.15) is 11.1 Å². The van der Waals surface area contributed by atoms with Gasteiger partial charge in [-0.05, 0) is 11.1 Å². The van der Waals surface area contributed by atoms with Gasteiger partial charge in [0.1, 0.15) is 0 Å². The first-order chi connectivity index (χ1) is 12.2. The summed E-state index contributed by atoms with van der Waals surface area (Å²) in [6.45, 7) is 0.887. The Kier molecular flexibility index (Phi) is 5.42. The second-order valence-electron chi connectivity index (χ2n) is 5.86. The number of carbonyl (C=O) groups excluding carboxylic acids is 2. The molecule has 4 heteroatoms. The molecular weight excluding hydrogens is 312 g/mol. The topological polar surface area (TPSA) is 58.2 Å². The number of nitrogens with one attached hydrogen (secondary N) is 2. The van der Waals surface area contributed by atoms with Crippen LogP contribution >= 0.6 is 0 Å². The van der Waals surface area contributed by atoms with Crippen molar-refractivity contribution in [3.05, 3.63) is 95.6 Å². The van der Waals surface area contributed by atoms with E-state index in [1.54, 1.807) is 18.2 Å². The van der Waals surface area contributed by atoms with Crippen LogP contribution in [-0.4, -0.2) is 11.8 Å². The molecule has 126 valence electrons. The summed E-state index contributed by atoms with van der Waals surface area (Å²) in [5, 5.41) is 5.76. The van der Waals surface area contributed by atoms with E-state index in [4.69, 9.17) is 0 Å². The number of hydrogen-bond acceptors (Lipinski definition) is 2. The van der Waals surface area contributed by atoms with Crippen LogP contribution in [0.2, 0.25) is 0 Å². The van der Waals surface area contributed by atoms with E-state index in [-0.39, 0.29) is 11.8 Å². The lowest BCUT2D eigenvalue weighted by Crippen LogP contribution is -2.34. The minimum atomic E-state index is -0.542. The Labute approximate surface area is 147 Å². The summed E-state index contributed by atoms with van der Waals surface area (Å²) in [6, 6.07) is 19.4. The summed E-state index contributed by atoms with van der Waals surface area (Å²) in [5.41, 5.74) is 2.52. The van der Waals surface area contributed by atoms with Crippen molar-refractivity contribution in [1.82, 2.24) is 10.6 Å². The first-order valence-electron chi connectivity index (χ1n) is 8.26. The number of hydrogen-bond donors (Lipinski definition) is 2. The first kappa shape index (κ1) is 16.7. The van der Waals surface area contributed by atoms with Gasteiger partial charge in [0.25, 0.3) is 0 Å². The highest BCUT2D eigenvalue weighted by Crippen LogP contribution is 2.20. The van der Waals surface area contributed by atoms with Crippen molar-refractivity contribution in [1.29, 1.82) is 0 Å². The minimum Gasteiger partial charge on any atom is -0.351 e. The maximum Gasteiger partial charge on any atom is 0.248 e. The third kappa shape index (κ3) is 4.44. The summed E-state index contributed by atoms with van der Waals surface area (Å²) in [5.74, 6) is -0.924. The van der Waals surface area contributed by atoms with Crippen molar-refractivity contribution < 1.29 is 9.59 Å². The average Bonchev–Trinajstić information content (AvgIpc) is 3.16. The molecule has 0 bridgehead atoms. The maximum absolute atomic E-state index is 12.4. The van der Waals surface area contributed by atoms with Crippen molar-refractivity contribution in [3.63, 3.8) is 0 Å². The number of amides is 2. The van der Waals surface area contributed by atoms with Gasteiger partial charge in [-0.25, -0.2) is 0 Å². The van der Waals surface area contributed by atoms with Crippen molar-refractivity contribution in [2.24, 2.45) is 5.92 Å². The van der Waals surface area contributed by atoms with Crippen LogP contribution in [-0.2, 0) is 22.7 Å². The molecule has 3 rings (SSSR count). The van der Waals surface area contributed by atoms with Crippen molar-refractivity contribution in [2.75, 3.05) is 0 Å². The zero-order chi connectivity index (χ0) is 17.5. The van der Waals surface area contributed by atoms with Gasteiger partial charge in [-0.1, -0.05) is 78.9 Å². The van der Waals surface area contributed by atoms with Crippen LogP contribution in [0.5, 0.6) is 0 Å². The molecule has 4 nitrogen and oxygen atoms in total. The van der Waals surface area contributed by atoms with E-state index in [2.05, 4.69) is 10.6 Å². The molecule has 1 aliphatic rings. The fraction of sp³-hybridized carbons (Fsp3) is 0.143. The molecule has 1 aliphatic carbocycles. The van der Waals surface area contributed by atoms with Crippen LogP contribution in [0.25, 0.3) is 0 Å². The number of benzene rings is 2. The van der Waals surface area contributed by atoms with Crippen LogP contribution in [0.15, 0.2) is 84.5 Å². The Morgan fingerprint density at radius 2 is 1.36 bits per heavy atom. The molecule has 0 saturated carbocycles. The maximum atomic E-state index is 12.4. The molecule has 25 heavy (non-hydrogen) atoms. The lowest BCUT2D eigenvalue weighted by atomic mass is 10.0. The molecule has 2 aromatic carbocycles. The molecule has 0 saturated heterocycles. The molecule has 0 spiro atoms. The largest absolute Gasteiger partial charge is 0.351 e. The Balaban J connectivity index is 1.55. The van der Waals surface area contributed by atoms with Crippen molar-refractivity contribution >= 4 is 11.8 Å². The van der Waals surface area contributed by atoms with Crippen LogP contribution in [0.3, 0.4) is 0 Å². The van der Waals surface area contributed by atoms with Gasteiger partial charge in [-0.15, -0.1) is 0 Å². The van der Waals surface area contributed by atoms with Gasteiger partial charge < -0.3 is 10.6 Å². The van der Waals surface area contributed by atoms with Crippen molar-refractivity contribution in [2.45, 2.75) is 13.1 Å². The third-order valence-corrected chi connectivity index (χ3v) is 4.06. The molecule has 0 aliphatic heterocycles. The molecule has 0 fully saturated rings. The highest BCUT2D eigenvalue weighted by Gasteiger charge is 2.27. The molecule has 1 unspecified atom stereocenters. The monoisotopic (exact) mass is 332 g/mol. The summed E-state index contributed by atoms with van der Waals surface area (Å²) in [7, 11) is 0. The highest BCUT2D eigenvalue weighted by molar-refractivity contribution is 6.02. The van der Waals surface area contributed by atoms with Gasteiger partial charge in [0, 0.05) is 18.7 Å². The van der Waals surface area contributed by atoms with E-state index in [1.807, 2.05) is 60.7 Å². The van der Waals surface area contributed by atoms with Crippen LogP contribution in [0, 0.1) is 5.92 Å². The van der Waals surface area contributed by atoms with E-state index in [9.17, 15) is 9.59 Å². The van der Waals surface area contributed by atoms with Gasteiger partial charge in [-0.2, -0.15) is 0 Å². The summed E-state index contributed by atoms with van der Waals surface area (Å²) < 4.78 is 0. The Morgan fingerprint density at radius 3 is 1.96 bits per heavy atom. The summed E-state index contributed by atoms with van der Waals surface area (Å²) in [4.78, 5) is 24.8. The standard InChI is InChI=1S/C21H20N2O2/c24-20(22-14-16-8-3-1-4-9-16)18-12-7-13-19(18)21(25)23-15-17-10-5-2-6-11-17/h1-13,18H,14-15H2,(H,22,24)(H,23,25). The average molecular weight is 332 g/mol. The lowest BCUT2D eigenvalue weighted by molar-refractivity contribution is -0.125. The van der Waals surface area contributed by atoms with Gasteiger partial charge >= 0.3 is 0 Å².